The summed E-state index contributed by atoms with van der Waals surface area (Å²) in [5.74, 6) is 0.375. The normalized spacial score (nSPS) is 19.2. The van der Waals surface area contributed by atoms with Crippen LogP contribution in [0.5, 0.6) is 0 Å². The van der Waals surface area contributed by atoms with Crippen LogP contribution >= 0.6 is 0 Å². The van der Waals surface area contributed by atoms with E-state index in [-0.39, 0.29) is 12.5 Å². The maximum Gasteiger partial charge on any atom is 0.225 e. The van der Waals surface area contributed by atoms with Crippen molar-refractivity contribution in [3.05, 3.63) is 23.8 Å². The van der Waals surface area contributed by atoms with Crippen molar-refractivity contribution in [2.24, 2.45) is 5.92 Å². The quantitative estimate of drug-likeness (QED) is 0.707. The van der Waals surface area contributed by atoms with Gasteiger partial charge in [-0.1, -0.05) is 6.07 Å². The first-order valence-corrected chi connectivity index (χ1v) is 7.07. The summed E-state index contributed by atoms with van der Waals surface area (Å²) in [6.45, 7) is 4.78. The Morgan fingerprint density at radius 1 is 1.55 bits per heavy atom. The topological polar surface area (TPSA) is 78.6 Å². The molecular formula is C15H23N3O2. The van der Waals surface area contributed by atoms with Gasteiger partial charge < -0.3 is 21.1 Å². The van der Waals surface area contributed by atoms with Crippen molar-refractivity contribution < 1.29 is 9.90 Å². The van der Waals surface area contributed by atoms with Crippen molar-refractivity contribution in [2.75, 3.05) is 37.3 Å². The monoisotopic (exact) mass is 277 g/mol. The number of nitrogen functional groups attached to an aromatic ring is 1. The van der Waals surface area contributed by atoms with E-state index >= 15 is 0 Å². The minimum Gasteiger partial charge on any atom is -0.399 e. The number of nitrogens with one attached hydrogen (secondary N) is 1. The molecule has 4 N–H and O–H groups in total. The van der Waals surface area contributed by atoms with E-state index in [9.17, 15) is 4.79 Å². The third-order valence-corrected chi connectivity index (χ3v) is 3.82. The van der Waals surface area contributed by atoms with Gasteiger partial charge in [-0.2, -0.15) is 0 Å². The van der Waals surface area contributed by atoms with Crippen LogP contribution in [0, 0.1) is 12.8 Å². The summed E-state index contributed by atoms with van der Waals surface area (Å²) in [5.41, 5.74) is 8.16. The second-order valence-corrected chi connectivity index (χ2v) is 5.51. The van der Waals surface area contributed by atoms with Crippen LogP contribution < -0.4 is 11.1 Å². The predicted molar refractivity (Wildman–Crippen MR) is 80.5 cm³/mol. The Morgan fingerprint density at radius 3 is 3.05 bits per heavy atom. The van der Waals surface area contributed by atoms with Crippen LogP contribution in [0.25, 0.3) is 0 Å². The van der Waals surface area contributed by atoms with E-state index in [0.717, 1.165) is 37.3 Å². The highest BCUT2D eigenvalue weighted by atomic mass is 16.3. The van der Waals surface area contributed by atoms with Crippen LogP contribution in [-0.4, -0.2) is 42.2 Å². The minimum absolute atomic E-state index is 0.00569. The van der Waals surface area contributed by atoms with Gasteiger partial charge in [0.1, 0.15) is 0 Å². The van der Waals surface area contributed by atoms with Crippen LogP contribution in [-0.2, 0) is 4.79 Å². The Bertz CT molecular complexity index is 476. The number of anilines is 2. The fourth-order valence-corrected chi connectivity index (χ4v) is 2.51. The van der Waals surface area contributed by atoms with E-state index in [2.05, 4.69) is 10.2 Å². The average molecular weight is 277 g/mol. The lowest BCUT2D eigenvalue weighted by molar-refractivity contribution is -0.116. The summed E-state index contributed by atoms with van der Waals surface area (Å²) in [6, 6.07) is 5.51. The van der Waals surface area contributed by atoms with Gasteiger partial charge in [-0.3, -0.25) is 4.79 Å². The minimum atomic E-state index is 0.00569. The van der Waals surface area contributed by atoms with Gasteiger partial charge in [0.15, 0.2) is 0 Å². The highest BCUT2D eigenvalue weighted by Crippen LogP contribution is 2.19. The third-order valence-electron chi connectivity index (χ3n) is 3.82. The second kappa shape index (κ2) is 6.72. The van der Waals surface area contributed by atoms with Crippen molar-refractivity contribution in [2.45, 2.75) is 19.8 Å². The van der Waals surface area contributed by atoms with Gasteiger partial charge in [-0.25, -0.2) is 0 Å². The standard InChI is InChI=1S/C15H23N3O2/c1-11-2-3-13(16)8-14(11)17-15(20)5-7-18-6-4-12(9-18)10-19/h2-3,8,12,19H,4-7,9-10,16H2,1H3,(H,17,20). The molecule has 0 saturated carbocycles. The van der Waals surface area contributed by atoms with E-state index in [1.165, 1.54) is 0 Å². The molecule has 20 heavy (non-hydrogen) atoms. The molecular weight excluding hydrogens is 254 g/mol. The molecule has 1 atom stereocenters. The molecule has 110 valence electrons. The number of nitrogens with zero attached hydrogens (tertiary/aromatic N) is 1. The fourth-order valence-electron chi connectivity index (χ4n) is 2.51. The van der Waals surface area contributed by atoms with Gasteiger partial charge in [0.05, 0.1) is 0 Å². The van der Waals surface area contributed by atoms with Gasteiger partial charge in [0.2, 0.25) is 5.91 Å². The number of likely N-dealkylation sites (tertiary alicyclic amines) is 1. The van der Waals surface area contributed by atoms with Crippen LogP contribution in [0.1, 0.15) is 18.4 Å². The largest absolute Gasteiger partial charge is 0.399 e. The van der Waals surface area contributed by atoms with Crippen molar-refractivity contribution in [3.8, 4) is 0 Å². The molecule has 1 aliphatic rings. The third kappa shape index (κ3) is 3.95. The van der Waals surface area contributed by atoms with Crippen LogP contribution in [0.15, 0.2) is 18.2 Å². The van der Waals surface area contributed by atoms with Crippen molar-refractivity contribution in [1.82, 2.24) is 4.90 Å². The number of hydrogen-bond donors (Lipinski definition) is 3. The number of aliphatic hydroxyl groups is 1. The Hall–Kier alpha value is -1.59. The van der Waals surface area contributed by atoms with Gasteiger partial charge in [-0.15, -0.1) is 0 Å². The summed E-state index contributed by atoms with van der Waals surface area (Å²) < 4.78 is 0. The highest BCUT2D eigenvalue weighted by Gasteiger charge is 2.21. The number of benzene rings is 1. The first-order chi connectivity index (χ1) is 9.58. The molecule has 0 aromatic heterocycles. The number of hydrogen-bond acceptors (Lipinski definition) is 4. The van der Waals surface area contributed by atoms with E-state index in [1.807, 2.05) is 19.1 Å². The molecule has 1 saturated heterocycles. The first kappa shape index (κ1) is 14.8. The van der Waals surface area contributed by atoms with Crippen LogP contribution in [0.2, 0.25) is 0 Å². The summed E-state index contributed by atoms with van der Waals surface area (Å²) in [6.07, 6.45) is 1.48. The highest BCUT2D eigenvalue weighted by molar-refractivity contribution is 5.92. The predicted octanol–water partition coefficient (Wildman–Crippen LogP) is 1.22. The summed E-state index contributed by atoms with van der Waals surface area (Å²) in [4.78, 5) is 14.2. The lowest BCUT2D eigenvalue weighted by atomic mass is 10.1. The summed E-state index contributed by atoms with van der Waals surface area (Å²) in [7, 11) is 0. The Morgan fingerprint density at radius 2 is 2.35 bits per heavy atom. The van der Waals surface area contributed by atoms with Crippen molar-refractivity contribution in [1.29, 1.82) is 0 Å². The second-order valence-electron chi connectivity index (χ2n) is 5.51. The number of amides is 1. The Labute approximate surface area is 119 Å². The molecule has 0 bridgehead atoms. The maximum atomic E-state index is 12.0. The first-order valence-electron chi connectivity index (χ1n) is 7.07. The number of carbonyl (C=O) groups excluding carboxylic acids is 1. The van der Waals surface area contributed by atoms with Crippen LogP contribution in [0.3, 0.4) is 0 Å². The molecule has 1 aromatic rings. The number of aryl methyl sites for hydroxylation is 1. The van der Waals surface area contributed by atoms with Gasteiger partial charge in [0.25, 0.3) is 0 Å². The van der Waals surface area contributed by atoms with Crippen molar-refractivity contribution in [3.63, 3.8) is 0 Å². The molecule has 5 heteroatoms. The summed E-state index contributed by atoms with van der Waals surface area (Å²) in [5, 5.41) is 12.0. The van der Waals surface area contributed by atoms with Gasteiger partial charge in [0, 0.05) is 37.5 Å². The molecule has 5 nitrogen and oxygen atoms in total. The molecule has 1 unspecified atom stereocenters. The smallest absolute Gasteiger partial charge is 0.225 e. The maximum absolute atomic E-state index is 12.0. The van der Waals surface area contributed by atoms with E-state index in [4.69, 9.17) is 10.8 Å². The molecule has 1 fully saturated rings. The molecule has 0 spiro atoms. The van der Waals surface area contributed by atoms with E-state index in [1.54, 1.807) is 6.07 Å². The van der Waals surface area contributed by atoms with E-state index < -0.39 is 0 Å². The van der Waals surface area contributed by atoms with Crippen LogP contribution in [0.4, 0.5) is 11.4 Å². The number of carbonyl (C=O) groups is 1. The zero-order chi connectivity index (χ0) is 14.5. The number of aliphatic hydroxyl groups excluding tert-OH is 1. The molecule has 1 amide bonds. The number of nitrogens with two attached hydrogens (primary N) is 1. The molecule has 1 aliphatic heterocycles. The van der Waals surface area contributed by atoms with E-state index in [0.29, 0.717) is 18.0 Å². The average Bonchev–Trinajstić information content (AvgIpc) is 2.89. The SMILES string of the molecule is Cc1ccc(N)cc1NC(=O)CCN1CCC(CO)C1. The fraction of sp³-hybridized carbons (Fsp3) is 0.533. The molecule has 1 heterocycles. The Kier molecular flexibility index (Phi) is 4.98. The molecule has 0 aliphatic carbocycles. The van der Waals surface area contributed by atoms with Gasteiger partial charge >= 0.3 is 0 Å². The summed E-state index contributed by atoms with van der Waals surface area (Å²) >= 11 is 0. The lowest BCUT2D eigenvalue weighted by Crippen LogP contribution is -2.26. The zero-order valence-corrected chi connectivity index (χ0v) is 11.9. The molecule has 1 aromatic carbocycles. The molecule has 2 rings (SSSR count). The number of rotatable bonds is 5. The van der Waals surface area contributed by atoms with Gasteiger partial charge in [-0.05, 0) is 43.5 Å². The Balaban J connectivity index is 1.79. The molecule has 0 radical (unpaired) electrons. The van der Waals surface area contributed by atoms with Crippen molar-refractivity contribution >= 4 is 17.3 Å². The zero-order valence-electron chi connectivity index (χ0n) is 11.9. The lowest BCUT2D eigenvalue weighted by Gasteiger charge is -2.15.